The van der Waals surface area contributed by atoms with Crippen molar-refractivity contribution in [2.45, 2.75) is 20.4 Å². The number of nitrogens with zero attached hydrogens (tertiary/aromatic N) is 5. The summed E-state index contributed by atoms with van der Waals surface area (Å²) in [5, 5.41) is 17.2. The largest absolute Gasteiger partial charge is 0.481 e. The molecule has 0 bridgehead atoms. The molecule has 0 aliphatic rings. The molecule has 154 valence electrons. The zero-order valence-corrected chi connectivity index (χ0v) is 17.4. The number of pyridine rings is 2. The van der Waals surface area contributed by atoms with Crippen LogP contribution in [0.4, 0.5) is 5.69 Å². The summed E-state index contributed by atoms with van der Waals surface area (Å²) in [6.45, 7) is 4.17. The van der Waals surface area contributed by atoms with Crippen LogP contribution in [-0.2, 0) is 6.54 Å². The van der Waals surface area contributed by atoms with Gasteiger partial charge in [0.05, 0.1) is 53.1 Å². The quantitative estimate of drug-likeness (QED) is 0.537. The van der Waals surface area contributed by atoms with Gasteiger partial charge in [-0.3, -0.25) is 14.5 Å². The van der Waals surface area contributed by atoms with Crippen molar-refractivity contribution in [3.8, 4) is 11.9 Å². The number of aromatic nitrogens is 4. The lowest BCUT2D eigenvalue weighted by atomic mass is 10.1. The number of carbonyl (C=O) groups excluding carboxylic acids is 1. The zero-order valence-electron chi connectivity index (χ0n) is 17.4. The molecule has 0 atom stereocenters. The lowest BCUT2D eigenvalue weighted by molar-refractivity contribution is 0.102. The Morgan fingerprint density at radius 2 is 2.03 bits per heavy atom. The van der Waals surface area contributed by atoms with Gasteiger partial charge in [-0.15, -0.1) is 0 Å². The molecular weight excluding hydrogens is 392 g/mol. The molecule has 0 aliphatic heterocycles. The van der Waals surface area contributed by atoms with Crippen LogP contribution in [0.3, 0.4) is 0 Å². The molecule has 4 aromatic rings. The first-order chi connectivity index (χ1) is 15.0. The van der Waals surface area contributed by atoms with Gasteiger partial charge in [0.1, 0.15) is 6.07 Å². The third-order valence-electron chi connectivity index (χ3n) is 5.03. The first-order valence-electron chi connectivity index (χ1n) is 9.64. The van der Waals surface area contributed by atoms with Crippen LogP contribution in [-0.4, -0.2) is 32.8 Å². The topological polar surface area (TPSA) is 106 Å². The van der Waals surface area contributed by atoms with Crippen LogP contribution in [0.25, 0.3) is 10.9 Å². The molecule has 1 N–H and O–H groups in total. The molecule has 3 aromatic heterocycles. The summed E-state index contributed by atoms with van der Waals surface area (Å²) in [4.78, 5) is 21.9. The molecule has 3 heterocycles. The second-order valence-corrected chi connectivity index (χ2v) is 7.04. The molecule has 1 aromatic carbocycles. The minimum absolute atomic E-state index is 0.265. The number of ether oxygens (including phenoxy) is 1. The maximum absolute atomic E-state index is 13.2. The molecule has 4 rings (SSSR count). The fraction of sp³-hybridized carbons (Fsp3) is 0.174. The van der Waals surface area contributed by atoms with Gasteiger partial charge in [0.2, 0.25) is 5.88 Å². The fourth-order valence-corrected chi connectivity index (χ4v) is 3.39. The number of para-hydroxylation sites is 1. The van der Waals surface area contributed by atoms with E-state index in [1.54, 1.807) is 22.9 Å². The Hall–Kier alpha value is -4.25. The Morgan fingerprint density at radius 3 is 2.74 bits per heavy atom. The number of methoxy groups -OCH3 is 1. The third-order valence-corrected chi connectivity index (χ3v) is 5.03. The molecule has 1 amide bonds. The van der Waals surface area contributed by atoms with Gasteiger partial charge in [-0.25, -0.2) is 4.98 Å². The summed E-state index contributed by atoms with van der Waals surface area (Å²) >= 11 is 0. The molecule has 0 saturated heterocycles. The molecule has 0 spiro atoms. The monoisotopic (exact) mass is 412 g/mol. The Bertz CT molecular complexity index is 1320. The molecule has 0 fully saturated rings. The fourth-order valence-electron chi connectivity index (χ4n) is 3.39. The predicted octanol–water partition coefficient (Wildman–Crippen LogP) is 3.62. The molecule has 0 unspecified atom stereocenters. The number of nitrogens with one attached hydrogen (secondary N) is 1. The van der Waals surface area contributed by atoms with Crippen molar-refractivity contribution in [1.82, 2.24) is 19.7 Å². The summed E-state index contributed by atoms with van der Waals surface area (Å²) in [5.41, 5.74) is 4.59. The lowest BCUT2D eigenvalue weighted by Gasteiger charge is -2.10. The normalized spacial score (nSPS) is 10.6. The first kappa shape index (κ1) is 20.0. The van der Waals surface area contributed by atoms with Crippen molar-refractivity contribution in [1.29, 1.82) is 5.26 Å². The average molecular weight is 412 g/mol. The minimum Gasteiger partial charge on any atom is -0.481 e. The van der Waals surface area contributed by atoms with E-state index in [2.05, 4.69) is 26.5 Å². The Morgan fingerprint density at radius 1 is 1.23 bits per heavy atom. The van der Waals surface area contributed by atoms with E-state index in [0.717, 1.165) is 16.8 Å². The van der Waals surface area contributed by atoms with E-state index >= 15 is 0 Å². The van der Waals surface area contributed by atoms with Crippen molar-refractivity contribution >= 4 is 22.5 Å². The second-order valence-electron chi connectivity index (χ2n) is 7.04. The van der Waals surface area contributed by atoms with Crippen LogP contribution in [0.15, 0.2) is 48.7 Å². The van der Waals surface area contributed by atoms with Crippen molar-refractivity contribution < 1.29 is 9.53 Å². The number of nitriles is 1. The Balaban J connectivity index is 1.63. The Kier molecular flexibility index (Phi) is 5.33. The number of hydrogen-bond donors (Lipinski definition) is 1. The number of aryl methyl sites for hydroxylation is 1. The summed E-state index contributed by atoms with van der Waals surface area (Å²) in [7, 11) is 1.52. The molecule has 8 nitrogen and oxygen atoms in total. The Labute approximate surface area is 179 Å². The van der Waals surface area contributed by atoms with Gasteiger partial charge >= 0.3 is 0 Å². The summed E-state index contributed by atoms with van der Waals surface area (Å²) < 4.78 is 7.05. The summed E-state index contributed by atoms with van der Waals surface area (Å²) in [6, 6.07) is 14.6. The highest BCUT2D eigenvalue weighted by Crippen LogP contribution is 2.25. The molecule has 8 heteroatoms. The number of anilines is 1. The van der Waals surface area contributed by atoms with Gasteiger partial charge in [0, 0.05) is 17.6 Å². The van der Waals surface area contributed by atoms with Crippen LogP contribution < -0.4 is 10.1 Å². The van der Waals surface area contributed by atoms with Crippen LogP contribution >= 0.6 is 0 Å². The SMILES string of the molecule is COc1cc(C(=O)Nc2c(C)nn(Cc3ccc(C#N)cn3)c2C)c2ccccc2n1. The average Bonchev–Trinajstić information content (AvgIpc) is 3.06. The van der Waals surface area contributed by atoms with Crippen molar-refractivity contribution in [3.05, 3.63) is 76.9 Å². The molecule has 31 heavy (non-hydrogen) atoms. The van der Waals surface area contributed by atoms with E-state index in [4.69, 9.17) is 10.00 Å². The van der Waals surface area contributed by atoms with E-state index in [9.17, 15) is 4.79 Å². The van der Waals surface area contributed by atoms with Crippen molar-refractivity contribution in [3.63, 3.8) is 0 Å². The van der Waals surface area contributed by atoms with Crippen molar-refractivity contribution in [2.75, 3.05) is 12.4 Å². The van der Waals surface area contributed by atoms with E-state index in [-0.39, 0.29) is 5.91 Å². The van der Waals surface area contributed by atoms with Gasteiger partial charge in [0.15, 0.2) is 0 Å². The maximum Gasteiger partial charge on any atom is 0.256 e. The van der Waals surface area contributed by atoms with Gasteiger partial charge in [-0.05, 0) is 32.0 Å². The highest BCUT2D eigenvalue weighted by atomic mass is 16.5. The predicted molar refractivity (Wildman–Crippen MR) is 116 cm³/mol. The highest BCUT2D eigenvalue weighted by Gasteiger charge is 2.18. The highest BCUT2D eigenvalue weighted by molar-refractivity contribution is 6.13. The van der Waals surface area contributed by atoms with Gasteiger partial charge in [0.25, 0.3) is 5.91 Å². The second kappa shape index (κ2) is 8.24. The standard InChI is InChI=1S/C23H20N6O2/c1-14-22(15(2)29(28-14)13-17-9-8-16(11-24)12-25-17)27-23(30)19-10-21(31-3)26-20-7-5-4-6-18(19)20/h4-10,12H,13H2,1-3H3,(H,27,30). The number of carbonyl (C=O) groups is 1. The smallest absolute Gasteiger partial charge is 0.256 e. The summed E-state index contributed by atoms with van der Waals surface area (Å²) in [6.07, 6.45) is 1.53. The maximum atomic E-state index is 13.2. The van der Waals surface area contributed by atoms with Gasteiger partial charge in [-0.2, -0.15) is 10.4 Å². The van der Waals surface area contributed by atoms with Gasteiger partial charge < -0.3 is 10.1 Å². The zero-order chi connectivity index (χ0) is 22.0. The van der Waals surface area contributed by atoms with Crippen LogP contribution in [0.2, 0.25) is 0 Å². The number of benzene rings is 1. The number of hydrogen-bond acceptors (Lipinski definition) is 6. The molecular formula is C23H20N6O2. The molecule has 0 saturated carbocycles. The molecule has 0 radical (unpaired) electrons. The first-order valence-corrected chi connectivity index (χ1v) is 9.64. The number of fused-ring (bicyclic) bond motifs is 1. The van der Waals surface area contributed by atoms with E-state index in [1.165, 1.54) is 13.3 Å². The molecule has 0 aliphatic carbocycles. The van der Waals surface area contributed by atoms with E-state index in [0.29, 0.717) is 40.4 Å². The van der Waals surface area contributed by atoms with Crippen molar-refractivity contribution in [2.24, 2.45) is 0 Å². The van der Waals surface area contributed by atoms with E-state index < -0.39 is 0 Å². The lowest BCUT2D eigenvalue weighted by Crippen LogP contribution is -2.14. The number of amides is 1. The van der Waals surface area contributed by atoms with Crippen LogP contribution in [0.1, 0.15) is 33.0 Å². The third kappa shape index (κ3) is 3.94. The summed E-state index contributed by atoms with van der Waals surface area (Å²) in [5.74, 6) is 0.110. The van der Waals surface area contributed by atoms with E-state index in [1.807, 2.05) is 38.1 Å². The number of rotatable bonds is 5. The van der Waals surface area contributed by atoms with Crippen LogP contribution in [0.5, 0.6) is 5.88 Å². The van der Waals surface area contributed by atoms with Gasteiger partial charge in [-0.1, -0.05) is 18.2 Å². The van der Waals surface area contributed by atoms with Crippen LogP contribution in [0, 0.1) is 25.2 Å². The minimum atomic E-state index is -0.265.